The van der Waals surface area contributed by atoms with Crippen LogP contribution in [0.1, 0.15) is 12.0 Å². The van der Waals surface area contributed by atoms with Gasteiger partial charge in [-0.2, -0.15) is 0 Å². The summed E-state index contributed by atoms with van der Waals surface area (Å²) in [6, 6.07) is 11.0. The van der Waals surface area contributed by atoms with E-state index < -0.39 is 6.43 Å². The molecular formula is C18H14F2N2O2. The number of benzene rings is 1. The Hall–Kier alpha value is -3.02. The first kappa shape index (κ1) is 15.9. The largest absolute Gasteiger partial charge is 0.496 e. The Morgan fingerprint density at radius 1 is 0.958 bits per heavy atom. The lowest BCUT2D eigenvalue weighted by Gasteiger charge is -2.12. The van der Waals surface area contributed by atoms with Gasteiger partial charge in [0.25, 0.3) is 6.43 Å². The van der Waals surface area contributed by atoms with Crippen molar-refractivity contribution in [2.45, 2.75) is 6.43 Å². The first-order chi connectivity index (χ1) is 11.7. The molecule has 6 heteroatoms. The average Bonchev–Trinajstić information content (AvgIpc) is 2.62. The molecule has 3 aromatic rings. The molecule has 24 heavy (non-hydrogen) atoms. The van der Waals surface area contributed by atoms with Crippen molar-refractivity contribution in [2.24, 2.45) is 0 Å². The number of alkyl halides is 2. The maximum atomic E-state index is 12.6. The lowest BCUT2D eigenvalue weighted by atomic mass is 10.1. The molecule has 0 N–H and O–H groups in total. The molecule has 2 aromatic heterocycles. The number of nitrogens with zero attached hydrogens (tertiary/aromatic N) is 2. The number of halogens is 2. The highest BCUT2D eigenvalue weighted by Crippen LogP contribution is 2.36. The molecule has 0 unspecified atom stereocenters. The van der Waals surface area contributed by atoms with Crippen LogP contribution in [0, 0.1) is 0 Å². The van der Waals surface area contributed by atoms with Crippen LogP contribution in [0.4, 0.5) is 8.78 Å². The molecule has 2 heterocycles. The number of ether oxygens (including phenoxy) is 2. The first-order valence-electron chi connectivity index (χ1n) is 7.18. The lowest BCUT2D eigenvalue weighted by Crippen LogP contribution is -1.94. The van der Waals surface area contributed by atoms with Gasteiger partial charge in [0, 0.05) is 35.3 Å². The third-order valence-electron chi connectivity index (χ3n) is 3.41. The molecule has 122 valence electrons. The van der Waals surface area contributed by atoms with Crippen LogP contribution in [-0.2, 0) is 0 Å². The standard InChI is InChI=1S/C18H14F2N2O2/c1-23-16-8-10-21-11-15(16)14-3-2-9-22-18(14)24-13-6-4-12(5-7-13)17(19)20/h2-11,17H,1H3. The van der Waals surface area contributed by atoms with Crippen LogP contribution >= 0.6 is 0 Å². The Labute approximate surface area is 137 Å². The van der Waals surface area contributed by atoms with Crippen LogP contribution in [0.25, 0.3) is 11.1 Å². The summed E-state index contributed by atoms with van der Waals surface area (Å²) in [7, 11) is 1.57. The molecule has 0 saturated carbocycles. The second-order valence-corrected chi connectivity index (χ2v) is 4.90. The number of hydrogen-bond donors (Lipinski definition) is 0. The quantitative estimate of drug-likeness (QED) is 0.669. The van der Waals surface area contributed by atoms with Gasteiger partial charge in [-0.25, -0.2) is 13.8 Å². The van der Waals surface area contributed by atoms with Crippen molar-refractivity contribution in [1.82, 2.24) is 9.97 Å². The molecule has 0 atom stereocenters. The highest BCUT2D eigenvalue weighted by molar-refractivity contribution is 5.73. The van der Waals surface area contributed by atoms with E-state index in [1.165, 1.54) is 24.3 Å². The Morgan fingerprint density at radius 3 is 2.46 bits per heavy atom. The van der Waals surface area contributed by atoms with Crippen LogP contribution < -0.4 is 9.47 Å². The maximum Gasteiger partial charge on any atom is 0.263 e. The SMILES string of the molecule is COc1ccncc1-c1cccnc1Oc1ccc(C(F)F)cc1. The van der Waals surface area contributed by atoms with Gasteiger partial charge in [-0.1, -0.05) is 0 Å². The molecule has 3 rings (SSSR count). The van der Waals surface area contributed by atoms with Gasteiger partial charge in [-0.3, -0.25) is 4.98 Å². The minimum Gasteiger partial charge on any atom is -0.496 e. The van der Waals surface area contributed by atoms with E-state index >= 15 is 0 Å². The molecule has 0 amide bonds. The summed E-state index contributed by atoms with van der Waals surface area (Å²) in [5, 5.41) is 0. The Bertz CT molecular complexity index is 823. The van der Waals surface area contributed by atoms with Crippen molar-refractivity contribution >= 4 is 0 Å². The van der Waals surface area contributed by atoms with Gasteiger partial charge in [0.2, 0.25) is 5.88 Å². The second-order valence-electron chi connectivity index (χ2n) is 4.90. The van der Waals surface area contributed by atoms with E-state index in [4.69, 9.17) is 9.47 Å². The van der Waals surface area contributed by atoms with Crippen LogP contribution in [-0.4, -0.2) is 17.1 Å². The number of hydrogen-bond acceptors (Lipinski definition) is 4. The van der Waals surface area contributed by atoms with E-state index in [-0.39, 0.29) is 5.56 Å². The highest BCUT2D eigenvalue weighted by Gasteiger charge is 2.14. The molecule has 0 spiro atoms. The summed E-state index contributed by atoms with van der Waals surface area (Å²) in [6.45, 7) is 0. The number of rotatable bonds is 5. The van der Waals surface area contributed by atoms with E-state index in [0.29, 0.717) is 22.9 Å². The van der Waals surface area contributed by atoms with Crippen molar-refractivity contribution in [3.05, 3.63) is 66.6 Å². The monoisotopic (exact) mass is 328 g/mol. The highest BCUT2D eigenvalue weighted by atomic mass is 19.3. The van der Waals surface area contributed by atoms with Gasteiger partial charge < -0.3 is 9.47 Å². The van der Waals surface area contributed by atoms with Gasteiger partial charge >= 0.3 is 0 Å². The van der Waals surface area contributed by atoms with Crippen molar-refractivity contribution in [2.75, 3.05) is 7.11 Å². The summed E-state index contributed by atoms with van der Waals surface area (Å²) in [4.78, 5) is 8.33. The van der Waals surface area contributed by atoms with Crippen molar-refractivity contribution < 1.29 is 18.3 Å². The van der Waals surface area contributed by atoms with Gasteiger partial charge in [0.05, 0.1) is 7.11 Å². The Kier molecular flexibility index (Phi) is 4.65. The fraction of sp³-hybridized carbons (Fsp3) is 0.111. The fourth-order valence-corrected chi connectivity index (χ4v) is 2.23. The average molecular weight is 328 g/mol. The van der Waals surface area contributed by atoms with E-state index in [1.54, 1.807) is 37.8 Å². The maximum absolute atomic E-state index is 12.6. The molecule has 0 bridgehead atoms. The van der Waals surface area contributed by atoms with Crippen LogP contribution in [0.2, 0.25) is 0 Å². The van der Waals surface area contributed by atoms with Crippen molar-refractivity contribution in [3.63, 3.8) is 0 Å². The molecular weight excluding hydrogens is 314 g/mol. The molecule has 0 aliphatic heterocycles. The number of pyridine rings is 2. The topological polar surface area (TPSA) is 44.2 Å². The van der Waals surface area contributed by atoms with Gasteiger partial charge in [-0.15, -0.1) is 0 Å². The van der Waals surface area contributed by atoms with Gasteiger partial charge in [0.1, 0.15) is 11.5 Å². The number of aromatic nitrogens is 2. The predicted octanol–water partition coefficient (Wildman–Crippen LogP) is 4.88. The Morgan fingerprint density at radius 2 is 1.75 bits per heavy atom. The lowest BCUT2D eigenvalue weighted by molar-refractivity contribution is 0.151. The van der Waals surface area contributed by atoms with E-state index in [9.17, 15) is 8.78 Å². The second kappa shape index (κ2) is 7.04. The third kappa shape index (κ3) is 3.32. The van der Waals surface area contributed by atoms with Crippen LogP contribution in [0.5, 0.6) is 17.4 Å². The summed E-state index contributed by atoms with van der Waals surface area (Å²) in [6.07, 6.45) is 2.37. The van der Waals surface area contributed by atoms with Crippen molar-refractivity contribution in [1.29, 1.82) is 0 Å². The first-order valence-corrected chi connectivity index (χ1v) is 7.18. The van der Waals surface area contributed by atoms with Crippen LogP contribution in [0.15, 0.2) is 61.1 Å². The molecule has 0 saturated heterocycles. The van der Waals surface area contributed by atoms with Crippen LogP contribution in [0.3, 0.4) is 0 Å². The predicted molar refractivity (Wildman–Crippen MR) is 85.5 cm³/mol. The zero-order valence-electron chi connectivity index (χ0n) is 12.8. The van der Waals surface area contributed by atoms with Gasteiger partial charge in [-0.05, 0) is 42.5 Å². The molecule has 1 aromatic carbocycles. The zero-order chi connectivity index (χ0) is 16.9. The minimum absolute atomic E-state index is 0.0578. The Balaban J connectivity index is 1.95. The van der Waals surface area contributed by atoms with E-state index in [1.807, 2.05) is 6.07 Å². The van der Waals surface area contributed by atoms with Gasteiger partial charge in [0.15, 0.2) is 0 Å². The van der Waals surface area contributed by atoms with E-state index in [2.05, 4.69) is 9.97 Å². The normalized spacial score (nSPS) is 10.7. The molecule has 0 fully saturated rings. The summed E-state index contributed by atoms with van der Waals surface area (Å²) >= 11 is 0. The fourth-order valence-electron chi connectivity index (χ4n) is 2.23. The molecule has 0 radical (unpaired) electrons. The summed E-state index contributed by atoms with van der Waals surface area (Å²) in [5.41, 5.74) is 1.37. The van der Waals surface area contributed by atoms with E-state index in [0.717, 1.165) is 5.56 Å². The summed E-state index contributed by atoms with van der Waals surface area (Å²) in [5.74, 6) is 1.40. The summed E-state index contributed by atoms with van der Waals surface area (Å²) < 4.78 is 36.3. The molecule has 0 aliphatic carbocycles. The number of methoxy groups -OCH3 is 1. The smallest absolute Gasteiger partial charge is 0.263 e. The molecule has 4 nitrogen and oxygen atoms in total. The van der Waals surface area contributed by atoms with Crippen molar-refractivity contribution in [3.8, 4) is 28.5 Å². The zero-order valence-corrected chi connectivity index (χ0v) is 12.8. The third-order valence-corrected chi connectivity index (χ3v) is 3.41. The molecule has 0 aliphatic rings. The minimum atomic E-state index is -2.51.